The number of hydrogen-bond acceptors (Lipinski definition) is 2. The topological polar surface area (TPSA) is 38.3 Å². The lowest BCUT2D eigenvalue weighted by molar-refractivity contribution is 0.0910. The van der Waals surface area contributed by atoms with Crippen molar-refractivity contribution in [3.8, 4) is 5.75 Å². The van der Waals surface area contributed by atoms with Crippen molar-refractivity contribution in [3.63, 3.8) is 0 Å². The van der Waals surface area contributed by atoms with Crippen LogP contribution in [-0.2, 0) is 0 Å². The lowest BCUT2D eigenvalue weighted by atomic mass is 10.0. The van der Waals surface area contributed by atoms with Gasteiger partial charge in [0, 0.05) is 6.54 Å². The molecule has 0 atom stereocenters. The molecule has 0 spiro atoms. The van der Waals surface area contributed by atoms with Crippen LogP contribution < -0.4 is 10.1 Å². The molecule has 0 aliphatic heterocycles. The van der Waals surface area contributed by atoms with Crippen molar-refractivity contribution in [2.75, 3.05) is 6.54 Å². The van der Waals surface area contributed by atoms with E-state index in [9.17, 15) is 4.79 Å². The molecule has 0 aliphatic carbocycles. The highest BCUT2D eigenvalue weighted by Crippen LogP contribution is 2.31. The molecule has 0 saturated heterocycles. The first kappa shape index (κ1) is 16.1. The quantitative estimate of drug-likeness (QED) is 0.806. The Morgan fingerprint density at radius 3 is 2.68 bits per heavy atom. The molecule has 0 saturated carbocycles. The van der Waals surface area contributed by atoms with Gasteiger partial charge in [-0.1, -0.05) is 43.3 Å². The molecule has 0 radical (unpaired) electrons. The molecule has 3 heteroatoms. The fourth-order valence-electron chi connectivity index (χ4n) is 2.19. The number of benzene rings is 2. The molecule has 0 bridgehead atoms. The van der Waals surface area contributed by atoms with Gasteiger partial charge >= 0.3 is 0 Å². The molecule has 0 fully saturated rings. The first-order valence-electron chi connectivity index (χ1n) is 7.58. The van der Waals surface area contributed by atoms with Crippen molar-refractivity contribution in [2.24, 2.45) is 0 Å². The summed E-state index contributed by atoms with van der Waals surface area (Å²) < 4.78 is 6.10. The average Bonchev–Trinajstić information content (AvgIpc) is 2.52. The molecule has 2 aromatic rings. The van der Waals surface area contributed by atoms with Crippen molar-refractivity contribution in [1.29, 1.82) is 0 Å². The highest BCUT2D eigenvalue weighted by molar-refractivity contribution is 6.09. The highest BCUT2D eigenvalue weighted by Gasteiger charge is 2.22. The summed E-state index contributed by atoms with van der Waals surface area (Å²) in [5, 5.41) is 4.77. The van der Waals surface area contributed by atoms with Crippen molar-refractivity contribution in [2.45, 2.75) is 32.8 Å². The molecule has 0 aliphatic rings. The van der Waals surface area contributed by atoms with E-state index in [4.69, 9.17) is 4.74 Å². The lowest BCUT2D eigenvalue weighted by Gasteiger charge is -2.26. The number of carbonyl (C=O) groups excluding carboxylic acids is 1. The molecule has 1 N–H and O–H groups in total. The van der Waals surface area contributed by atoms with Gasteiger partial charge in [-0.3, -0.25) is 4.79 Å². The second kappa shape index (κ2) is 6.65. The van der Waals surface area contributed by atoms with E-state index in [0.29, 0.717) is 17.9 Å². The Balaban J connectivity index is 2.55. The van der Waals surface area contributed by atoms with Crippen molar-refractivity contribution in [3.05, 3.63) is 54.6 Å². The third-order valence-electron chi connectivity index (χ3n) is 3.76. The molecule has 2 aromatic carbocycles. The third kappa shape index (κ3) is 3.48. The first-order valence-corrected chi connectivity index (χ1v) is 7.58. The highest BCUT2D eigenvalue weighted by atomic mass is 16.5. The average molecular weight is 297 g/mol. The zero-order valence-corrected chi connectivity index (χ0v) is 13.5. The van der Waals surface area contributed by atoms with Gasteiger partial charge in [-0.15, -0.1) is 6.58 Å². The van der Waals surface area contributed by atoms with Crippen LogP contribution in [-0.4, -0.2) is 18.1 Å². The van der Waals surface area contributed by atoms with Gasteiger partial charge in [-0.05, 0) is 37.1 Å². The summed E-state index contributed by atoms with van der Waals surface area (Å²) >= 11 is 0. The lowest BCUT2D eigenvalue weighted by Crippen LogP contribution is -2.30. The van der Waals surface area contributed by atoms with Crippen molar-refractivity contribution < 1.29 is 9.53 Å². The zero-order chi connectivity index (χ0) is 16.2. The van der Waals surface area contributed by atoms with Gasteiger partial charge in [0.25, 0.3) is 5.91 Å². The van der Waals surface area contributed by atoms with Crippen LogP contribution in [0.15, 0.2) is 49.1 Å². The predicted octanol–water partition coefficient (Wildman–Crippen LogP) is 4.32. The number of carbonyl (C=O) groups is 1. The number of nitrogens with one attached hydrogen (secondary N) is 1. The summed E-state index contributed by atoms with van der Waals surface area (Å²) in [5.41, 5.74) is 0.261. The van der Waals surface area contributed by atoms with E-state index in [2.05, 4.69) is 18.8 Å². The van der Waals surface area contributed by atoms with Gasteiger partial charge in [0.15, 0.2) is 0 Å². The molecule has 2 rings (SSSR count). The van der Waals surface area contributed by atoms with Crippen LogP contribution in [0.2, 0.25) is 0 Å². The van der Waals surface area contributed by atoms with Crippen molar-refractivity contribution in [1.82, 2.24) is 5.32 Å². The second-order valence-electron chi connectivity index (χ2n) is 5.87. The third-order valence-corrected chi connectivity index (χ3v) is 3.76. The van der Waals surface area contributed by atoms with E-state index >= 15 is 0 Å². The maximum atomic E-state index is 12.6. The summed E-state index contributed by atoms with van der Waals surface area (Å²) in [4.78, 5) is 12.6. The monoisotopic (exact) mass is 297 g/mol. The van der Waals surface area contributed by atoms with Gasteiger partial charge in [-0.2, -0.15) is 0 Å². The fourth-order valence-corrected chi connectivity index (χ4v) is 2.19. The maximum absolute atomic E-state index is 12.6. The van der Waals surface area contributed by atoms with Gasteiger partial charge in [0.05, 0.1) is 5.56 Å². The summed E-state index contributed by atoms with van der Waals surface area (Å²) in [6, 6.07) is 11.7. The molecule has 22 heavy (non-hydrogen) atoms. The molecule has 0 heterocycles. The number of amides is 1. The number of rotatable bonds is 6. The summed E-state index contributed by atoms with van der Waals surface area (Å²) in [6.07, 6.45) is 2.52. The second-order valence-corrected chi connectivity index (χ2v) is 5.87. The molecule has 0 aromatic heterocycles. The predicted molar refractivity (Wildman–Crippen MR) is 91.5 cm³/mol. The maximum Gasteiger partial charge on any atom is 0.255 e. The molecule has 1 amide bonds. The van der Waals surface area contributed by atoms with E-state index in [1.165, 1.54) is 0 Å². The van der Waals surface area contributed by atoms with E-state index in [1.54, 1.807) is 6.08 Å². The smallest absolute Gasteiger partial charge is 0.255 e. The molecule has 3 nitrogen and oxygen atoms in total. The van der Waals surface area contributed by atoms with Crippen LogP contribution in [0.25, 0.3) is 10.8 Å². The standard InChI is InChI=1S/C19H23NO2/c1-5-13-20-18(21)17-15-10-8-7-9-14(15)11-12-16(17)22-19(3,4)6-2/h5,7-12H,1,6,13H2,2-4H3,(H,20,21). The molecular formula is C19H23NO2. The largest absolute Gasteiger partial charge is 0.487 e. The number of fused-ring (bicyclic) bond motifs is 1. The zero-order valence-electron chi connectivity index (χ0n) is 13.5. The van der Waals surface area contributed by atoms with E-state index in [0.717, 1.165) is 17.2 Å². The van der Waals surface area contributed by atoms with E-state index < -0.39 is 0 Å². The Morgan fingerprint density at radius 2 is 2.00 bits per heavy atom. The SMILES string of the molecule is C=CCNC(=O)c1c(OC(C)(C)CC)ccc2ccccc12. The first-order chi connectivity index (χ1) is 10.5. The Morgan fingerprint density at radius 1 is 1.27 bits per heavy atom. The fraction of sp³-hybridized carbons (Fsp3) is 0.316. The molecule has 116 valence electrons. The number of hydrogen-bond donors (Lipinski definition) is 1. The normalized spacial score (nSPS) is 11.2. The minimum absolute atomic E-state index is 0.140. The minimum atomic E-state index is -0.323. The Bertz CT molecular complexity index is 689. The van der Waals surface area contributed by atoms with Crippen LogP contribution in [0.3, 0.4) is 0 Å². The van der Waals surface area contributed by atoms with E-state index in [-0.39, 0.29) is 11.5 Å². The Hall–Kier alpha value is -2.29. The Kier molecular flexibility index (Phi) is 4.86. The van der Waals surface area contributed by atoms with Crippen molar-refractivity contribution >= 4 is 16.7 Å². The summed E-state index contributed by atoms with van der Waals surface area (Å²) in [6.45, 7) is 10.2. The van der Waals surface area contributed by atoms with Gasteiger partial charge in [0.1, 0.15) is 11.4 Å². The summed E-state index contributed by atoms with van der Waals surface area (Å²) in [5.74, 6) is 0.478. The van der Waals surface area contributed by atoms with Crippen LogP contribution in [0.5, 0.6) is 5.75 Å². The van der Waals surface area contributed by atoms with Crippen LogP contribution in [0, 0.1) is 0 Å². The van der Waals surface area contributed by atoms with E-state index in [1.807, 2.05) is 50.2 Å². The molecular weight excluding hydrogens is 274 g/mol. The van der Waals surface area contributed by atoms with Gasteiger partial charge in [-0.25, -0.2) is 0 Å². The summed E-state index contributed by atoms with van der Waals surface area (Å²) in [7, 11) is 0. The Labute approximate surface area is 132 Å². The minimum Gasteiger partial charge on any atom is -0.487 e. The van der Waals surface area contributed by atoms with Crippen LogP contribution in [0.4, 0.5) is 0 Å². The van der Waals surface area contributed by atoms with Gasteiger partial charge in [0.2, 0.25) is 0 Å². The van der Waals surface area contributed by atoms with Crippen LogP contribution in [0.1, 0.15) is 37.6 Å². The van der Waals surface area contributed by atoms with Crippen LogP contribution >= 0.6 is 0 Å². The molecule has 0 unspecified atom stereocenters. The van der Waals surface area contributed by atoms with Gasteiger partial charge < -0.3 is 10.1 Å². The number of ether oxygens (including phenoxy) is 1.